The first-order chi connectivity index (χ1) is 9.57. The van der Waals surface area contributed by atoms with Crippen molar-refractivity contribution < 1.29 is 9.53 Å². The van der Waals surface area contributed by atoms with Crippen LogP contribution in [0.15, 0.2) is 60.7 Å². The Morgan fingerprint density at radius 1 is 0.905 bits per heavy atom. The molecule has 0 radical (unpaired) electrons. The van der Waals surface area contributed by atoms with Gasteiger partial charge in [-0.05, 0) is 38.1 Å². The fraction of sp³-hybridized carbons (Fsp3) is 0.235. The van der Waals surface area contributed by atoms with Gasteiger partial charge in [-0.15, -0.1) is 12.4 Å². The van der Waals surface area contributed by atoms with Crippen LogP contribution >= 0.6 is 12.4 Å². The van der Waals surface area contributed by atoms with E-state index in [1.54, 1.807) is 0 Å². The van der Waals surface area contributed by atoms with Crippen molar-refractivity contribution in [3.05, 3.63) is 60.7 Å². The monoisotopic (exact) mass is 305 g/mol. The molecule has 21 heavy (non-hydrogen) atoms. The van der Waals surface area contributed by atoms with E-state index in [9.17, 15) is 4.79 Å². The zero-order valence-electron chi connectivity index (χ0n) is 12.4. The van der Waals surface area contributed by atoms with Gasteiger partial charge in [-0.2, -0.15) is 0 Å². The molecule has 2 aromatic rings. The molecule has 0 N–H and O–H groups in total. The number of ether oxygens (including phenoxy) is 1. The van der Waals surface area contributed by atoms with Crippen LogP contribution in [-0.4, -0.2) is 18.6 Å². The molecule has 0 aliphatic heterocycles. The number of hydrogen-bond acceptors (Lipinski definition) is 3. The highest BCUT2D eigenvalue weighted by atomic mass is 35.5. The molecule has 0 fully saturated rings. The van der Waals surface area contributed by atoms with Crippen LogP contribution < -0.4 is 4.90 Å². The molecule has 0 heterocycles. The van der Waals surface area contributed by atoms with E-state index >= 15 is 0 Å². The van der Waals surface area contributed by atoms with Crippen molar-refractivity contribution in [3.8, 4) is 0 Å². The summed E-state index contributed by atoms with van der Waals surface area (Å²) in [6, 6.07) is 19.7. The van der Waals surface area contributed by atoms with E-state index in [0.29, 0.717) is 0 Å². The molecule has 0 aliphatic carbocycles. The number of carbonyl (C=O) groups excluding carboxylic acids is 1. The first kappa shape index (κ1) is 17.1. The molecule has 0 saturated heterocycles. The van der Waals surface area contributed by atoms with Gasteiger partial charge in [0, 0.05) is 11.4 Å². The van der Waals surface area contributed by atoms with Gasteiger partial charge in [0.2, 0.25) is 0 Å². The van der Waals surface area contributed by atoms with Gasteiger partial charge < -0.3 is 9.64 Å². The smallest absolute Gasteiger partial charge is 0.331 e. The maximum atomic E-state index is 12.2. The summed E-state index contributed by atoms with van der Waals surface area (Å²) in [4.78, 5) is 14.1. The number of halogens is 1. The highest BCUT2D eigenvalue weighted by Crippen LogP contribution is 2.33. The number of rotatable bonds is 4. The van der Waals surface area contributed by atoms with E-state index in [2.05, 4.69) is 0 Å². The van der Waals surface area contributed by atoms with Crippen LogP contribution in [0, 0.1) is 0 Å². The molecule has 4 heteroatoms. The molecule has 0 bridgehead atoms. The van der Waals surface area contributed by atoms with Crippen LogP contribution in [0.25, 0.3) is 0 Å². The Labute approximate surface area is 132 Å². The number of para-hydroxylation sites is 2. The number of hydrogen-bond donors (Lipinski definition) is 0. The Morgan fingerprint density at radius 2 is 1.29 bits per heavy atom. The van der Waals surface area contributed by atoms with Crippen molar-refractivity contribution in [1.82, 2.24) is 0 Å². The SMILES string of the molecule is COC(=O)C(C)(C)N(c1ccccc1)c1ccccc1.Cl. The number of benzene rings is 2. The van der Waals surface area contributed by atoms with Crippen molar-refractivity contribution in [2.24, 2.45) is 0 Å². The molecule has 2 rings (SSSR count). The van der Waals surface area contributed by atoms with Crippen LogP contribution in [0.3, 0.4) is 0 Å². The van der Waals surface area contributed by atoms with Gasteiger partial charge in [-0.1, -0.05) is 36.4 Å². The number of carbonyl (C=O) groups is 1. The Bertz CT molecular complexity index is 530. The van der Waals surface area contributed by atoms with Crippen molar-refractivity contribution >= 4 is 29.8 Å². The zero-order chi connectivity index (χ0) is 14.6. The van der Waals surface area contributed by atoms with Crippen molar-refractivity contribution in [1.29, 1.82) is 0 Å². The molecule has 0 unspecified atom stereocenters. The van der Waals surface area contributed by atoms with E-state index in [1.165, 1.54) is 7.11 Å². The number of methoxy groups -OCH3 is 1. The van der Waals surface area contributed by atoms with Gasteiger partial charge in [0.25, 0.3) is 0 Å². The minimum Gasteiger partial charge on any atom is -0.467 e. The maximum absolute atomic E-state index is 12.2. The van der Waals surface area contributed by atoms with Crippen LogP contribution in [0.1, 0.15) is 13.8 Å². The summed E-state index contributed by atoms with van der Waals surface area (Å²) in [5, 5.41) is 0. The third kappa shape index (κ3) is 3.56. The zero-order valence-corrected chi connectivity index (χ0v) is 13.3. The molecule has 112 valence electrons. The average molecular weight is 306 g/mol. The second-order valence-corrected chi connectivity index (χ2v) is 5.06. The first-order valence-corrected chi connectivity index (χ1v) is 6.56. The fourth-order valence-corrected chi connectivity index (χ4v) is 2.29. The standard InChI is InChI=1S/C17H19NO2.ClH/c1-17(2,16(19)20-3)18(14-10-6-4-7-11-14)15-12-8-5-9-13-15;/h4-13H,1-3H3;1H. The normalized spacial score (nSPS) is 10.4. The molecular formula is C17H20ClNO2. The molecule has 0 aliphatic rings. The molecule has 0 saturated carbocycles. The summed E-state index contributed by atoms with van der Waals surface area (Å²) in [5.41, 5.74) is 1.11. The Kier molecular flexibility index (Phi) is 5.79. The lowest BCUT2D eigenvalue weighted by atomic mass is 10.0. The van der Waals surface area contributed by atoms with E-state index in [-0.39, 0.29) is 18.4 Å². The Balaban J connectivity index is 0.00000220. The molecular weight excluding hydrogens is 286 g/mol. The quantitative estimate of drug-likeness (QED) is 0.793. The summed E-state index contributed by atoms with van der Waals surface area (Å²) < 4.78 is 4.96. The van der Waals surface area contributed by atoms with Crippen molar-refractivity contribution in [2.45, 2.75) is 19.4 Å². The third-order valence-electron chi connectivity index (χ3n) is 3.27. The number of nitrogens with zero attached hydrogens (tertiary/aromatic N) is 1. The Hall–Kier alpha value is -2.00. The van der Waals surface area contributed by atoms with Crippen molar-refractivity contribution in [2.75, 3.05) is 12.0 Å². The van der Waals surface area contributed by atoms with Gasteiger partial charge in [-0.25, -0.2) is 4.79 Å². The van der Waals surface area contributed by atoms with Gasteiger partial charge in [0.05, 0.1) is 7.11 Å². The van der Waals surface area contributed by atoms with E-state index < -0.39 is 5.54 Å². The average Bonchev–Trinajstić information content (AvgIpc) is 2.48. The van der Waals surface area contributed by atoms with E-state index in [4.69, 9.17) is 4.74 Å². The van der Waals surface area contributed by atoms with Gasteiger partial charge >= 0.3 is 5.97 Å². The largest absolute Gasteiger partial charge is 0.467 e. The van der Waals surface area contributed by atoms with Crippen LogP contribution in [0.2, 0.25) is 0 Å². The summed E-state index contributed by atoms with van der Waals surface area (Å²) >= 11 is 0. The molecule has 0 aromatic heterocycles. The minimum atomic E-state index is -0.794. The molecule has 0 spiro atoms. The highest BCUT2D eigenvalue weighted by molar-refractivity contribution is 5.87. The summed E-state index contributed by atoms with van der Waals surface area (Å²) in [7, 11) is 1.41. The predicted molar refractivity (Wildman–Crippen MR) is 88.4 cm³/mol. The lowest BCUT2D eigenvalue weighted by Gasteiger charge is -2.38. The topological polar surface area (TPSA) is 29.5 Å². The Morgan fingerprint density at radius 3 is 1.62 bits per heavy atom. The predicted octanol–water partition coefficient (Wildman–Crippen LogP) is 4.20. The maximum Gasteiger partial charge on any atom is 0.331 e. The fourth-order valence-electron chi connectivity index (χ4n) is 2.29. The minimum absolute atomic E-state index is 0. The third-order valence-corrected chi connectivity index (χ3v) is 3.27. The van der Waals surface area contributed by atoms with Crippen LogP contribution in [-0.2, 0) is 9.53 Å². The molecule has 2 aromatic carbocycles. The molecule has 3 nitrogen and oxygen atoms in total. The first-order valence-electron chi connectivity index (χ1n) is 6.56. The van der Waals surface area contributed by atoms with E-state index in [0.717, 1.165) is 11.4 Å². The summed E-state index contributed by atoms with van der Waals surface area (Å²) in [5.74, 6) is -0.273. The highest BCUT2D eigenvalue weighted by Gasteiger charge is 2.37. The van der Waals surface area contributed by atoms with Crippen LogP contribution in [0.5, 0.6) is 0 Å². The number of esters is 1. The number of anilines is 2. The second kappa shape index (κ2) is 7.14. The van der Waals surface area contributed by atoms with Crippen LogP contribution in [0.4, 0.5) is 11.4 Å². The lowest BCUT2D eigenvalue weighted by Crippen LogP contribution is -2.48. The van der Waals surface area contributed by atoms with E-state index in [1.807, 2.05) is 79.4 Å². The lowest BCUT2D eigenvalue weighted by molar-refractivity contribution is -0.145. The van der Waals surface area contributed by atoms with Crippen molar-refractivity contribution in [3.63, 3.8) is 0 Å². The molecule has 0 atom stereocenters. The van der Waals surface area contributed by atoms with Gasteiger partial charge in [0.1, 0.15) is 5.54 Å². The summed E-state index contributed by atoms with van der Waals surface area (Å²) in [6.45, 7) is 3.72. The summed E-state index contributed by atoms with van der Waals surface area (Å²) in [6.07, 6.45) is 0. The van der Waals surface area contributed by atoms with Gasteiger partial charge in [0.15, 0.2) is 0 Å². The van der Waals surface area contributed by atoms with Gasteiger partial charge in [-0.3, -0.25) is 0 Å². The second-order valence-electron chi connectivity index (χ2n) is 5.06. The molecule has 0 amide bonds.